The molecule has 4 atom stereocenters. The number of aryl methyl sites for hydroxylation is 1. The fourth-order valence-corrected chi connectivity index (χ4v) is 7.62. The van der Waals surface area contributed by atoms with Gasteiger partial charge in [0.1, 0.15) is 11.0 Å². The van der Waals surface area contributed by atoms with Crippen molar-refractivity contribution in [3.63, 3.8) is 0 Å². The van der Waals surface area contributed by atoms with Gasteiger partial charge in [0.2, 0.25) is 5.91 Å². The minimum Gasteiger partial charge on any atom is -0.325 e. The Bertz CT molecular complexity index is 1490. The monoisotopic (exact) mass is 497 g/mol. The van der Waals surface area contributed by atoms with Gasteiger partial charge < -0.3 is 10.6 Å². The quantitative estimate of drug-likeness (QED) is 0.505. The Morgan fingerprint density at radius 1 is 0.944 bits per heavy atom. The third-order valence-corrected chi connectivity index (χ3v) is 8.91. The van der Waals surface area contributed by atoms with Crippen molar-refractivity contribution in [3.05, 3.63) is 94.0 Å². The Hall–Kier alpha value is -3.48. The molecule has 0 aliphatic carbocycles. The van der Waals surface area contributed by atoms with Crippen molar-refractivity contribution in [2.45, 2.75) is 36.8 Å². The lowest BCUT2D eigenvalue weighted by atomic mass is 9.57. The molecule has 4 aliphatic heterocycles. The van der Waals surface area contributed by atoms with E-state index >= 15 is 0 Å². The number of para-hydroxylation sites is 1. The van der Waals surface area contributed by atoms with E-state index in [2.05, 4.69) is 15.5 Å². The summed E-state index contributed by atoms with van der Waals surface area (Å²) in [4.78, 5) is 45.3. The normalized spacial score (nSPS) is 29.8. The van der Waals surface area contributed by atoms with Crippen LogP contribution < -0.4 is 10.6 Å². The van der Waals surface area contributed by atoms with Crippen molar-refractivity contribution in [3.8, 4) is 0 Å². The van der Waals surface area contributed by atoms with Gasteiger partial charge in [0, 0.05) is 33.6 Å². The van der Waals surface area contributed by atoms with Crippen LogP contribution >= 0.6 is 11.6 Å². The lowest BCUT2D eigenvalue weighted by Gasteiger charge is -2.43. The van der Waals surface area contributed by atoms with E-state index in [1.807, 2.05) is 55.5 Å². The maximum Gasteiger partial charge on any atom is 0.251 e. The molecular weight excluding hydrogens is 474 g/mol. The molecule has 2 fully saturated rings. The molecule has 4 aliphatic rings. The first-order valence-corrected chi connectivity index (χ1v) is 12.7. The highest BCUT2D eigenvalue weighted by Crippen LogP contribution is 2.67. The third kappa shape index (κ3) is 2.39. The Morgan fingerprint density at radius 3 is 2.47 bits per heavy atom. The molecule has 0 saturated carbocycles. The Kier molecular flexibility index (Phi) is 4.40. The van der Waals surface area contributed by atoms with Gasteiger partial charge in [-0.25, -0.2) is 0 Å². The van der Waals surface area contributed by atoms with Gasteiger partial charge in [-0.1, -0.05) is 59.6 Å². The van der Waals surface area contributed by atoms with Crippen LogP contribution in [0.4, 0.5) is 11.4 Å². The number of hydrogen-bond acceptors (Lipinski definition) is 4. The largest absolute Gasteiger partial charge is 0.325 e. The number of Topliss-reactive ketones (excluding diaryl/α,β-unsaturated/α-hetero) is 1. The molecule has 0 aromatic heterocycles. The molecule has 2 spiro atoms. The van der Waals surface area contributed by atoms with E-state index in [1.165, 1.54) is 0 Å². The predicted octanol–water partition coefficient (Wildman–Crippen LogP) is 4.66. The smallest absolute Gasteiger partial charge is 0.251 e. The number of amides is 2. The first kappa shape index (κ1) is 21.8. The first-order chi connectivity index (χ1) is 17.4. The molecule has 6 nitrogen and oxygen atoms in total. The van der Waals surface area contributed by atoms with Gasteiger partial charge in [-0.15, -0.1) is 0 Å². The highest BCUT2D eigenvalue weighted by Gasteiger charge is 2.81. The fraction of sp³-hybridized carbons (Fsp3) is 0.276. The molecule has 4 unspecified atom stereocenters. The summed E-state index contributed by atoms with van der Waals surface area (Å²) in [6, 6.07) is 20.0. The lowest BCUT2D eigenvalue weighted by Crippen LogP contribution is -2.62. The number of carbonyl (C=O) groups is 3. The molecule has 0 radical (unpaired) electrons. The van der Waals surface area contributed by atoms with E-state index in [0.29, 0.717) is 39.6 Å². The molecule has 2 saturated heterocycles. The summed E-state index contributed by atoms with van der Waals surface area (Å²) < 4.78 is 0. The van der Waals surface area contributed by atoms with Crippen molar-refractivity contribution in [2.75, 3.05) is 17.2 Å². The lowest BCUT2D eigenvalue weighted by molar-refractivity contribution is -0.137. The second-order valence-corrected chi connectivity index (χ2v) is 10.7. The molecule has 7 heteroatoms. The summed E-state index contributed by atoms with van der Waals surface area (Å²) >= 11 is 6.49. The Balaban J connectivity index is 1.59. The SMILES string of the molecule is Cc1ccc(C(=O)C2C3CCCN3C3(C(=O)Nc4ccc(Cl)cc43)C23C(=O)Nc2ccccc23)cc1. The summed E-state index contributed by atoms with van der Waals surface area (Å²) in [5.74, 6) is -1.45. The zero-order valence-corrected chi connectivity index (χ0v) is 20.4. The van der Waals surface area contributed by atoms with Crippen LogP contribution in [0.3, 0.4) is 0 Å². The van der Waals surface area contributed by atoms with Gasteiger partial charge >= 0.3 is 0 Å². The van der Waals surface area contributed by atoms with Crippen LogP contribution in [-0.2, 0) is 20.5 Å². The van der Waals surface area contributed by atoms with Gasteiger partial charge in [-0.05, 0) is 56.1 Å². The maximum absolute atomic E-state index is 14.5. The molecule has 180 valence electrons. The Labute approximate surface area is 213 Å². The highest BCUT2D eigenvalue weighted by molar-refractivity contribution is 6.31. The van der Waals surface area contributed by atoms with Gasteiger partial charge in [-0.2, -0.15) is 0 Å². The van der Waals surface area contributed by atoms with Gasteiger partial charge in [0.25, 0.3) is 5.91 Å². The Morgan fingerprint density at radius 2 is 1.67 bits per heavy atom. The first-order valence-electron chi connectivity index (χ1n) is 12.3. The highest BCUT2D eigenvalue weighted by atomic mass is 35.5. The summed E-state index contributed by atoms with van der Waals surface area (Å²) in [5.41, 5.74) is 1.40. The number of nitrogens with zero attached hydrogens (tertiary/aromatic N) is 1. The minimum absolute atomic E-state index is 0.112. The van der Waals surface area contributed by atoms with E-state index < -0.39 is 16.9 Å². The number of rotatable bonds is 2. The van der Waals surface area contributed by atoms with E-state index in [4.69, 9.17) is 11.6 Å². The average molecular weight is 498 g/mol. The standard InChI is InChI=1S/C29H24ClN3O3/c1-16-8-10-17(11-9-16)25(34)24-23-7-4-14-33(23)29(20-15-18(30)12-13-22(20)32-27(29)36)28(24)19-5-2-3-6-21(19)31-26(28)35/h2-3,5-6,8-13,15,23-24H,4,7,14H2,1H3,(H,31,35)(H,32,36). The van der Waals surface area contributed by atoms with Crippen LogP contribution in [0.5, 0.6) is 0 Å². The van der Waals surface area contributed by atoms with Crippen molar-refractivity contribution < 1.29 is 14.4 Å². The van der Waals surface area contributed by atoms with E-state index in [0.717, 1.165) is 18.4 Å². The average Bonchev–Trinajstić information content (AvgIpc) is 3.58. The van der Waals surface area contributed by atoms with Crippen LogP contribution in [0, 0.1) is 12.8 Å². The second-order valence-electron chi connectivity index (χ2n) is 10.3. The van der Waals surface area contributed by atoms with E-state index in [9.17, 15) is 14.4 Å². The van der Waals surface area contributed by atoms with Crippen LogP contribution in [-0.4, -0.2) is 35.1 Å². The molecule has 2 N–H and O–H groups in total. The van der Waals surface area contributed by atoms with Gasteiger partial charge in [-0.3, -0.25) is 19.3 Å². The molecular formula is C29H24ClN3O3. The molecule has 4 heterocycles. The van der Waals surface area contributed by atoms with Gasteiger partial charge in [0.15, 0.2) is 5.78 Å². The number of ketones is 1. The van der Waals surface area contributed by atoms with Crippen molar-refractivity contribution >= 4 is 40.6 Å². The number of halogens is 1. The summed E-state index contributed by atoms with van der Waals surface area (Å²) in [6.07, 6.45) is 1.57. The van der Waals surface area contributed by atoms with Crippen molar-refractivity contribution in [1.29, 1.82) is 0 Å². The molecule has 7 rings (SSSR count). The van der Waals surface area contributed by atoms with Crippen molar-refractivity contribution in [2.24, 2.45) is 5.92 Å². The topological polar surface area (TPSA) is 78.5 Å². The molecule has 0 bridgehead atoms. The van der Waals surface area contributed by atoms with Crippen LogP contribution in [0.25, 0.3) is 0 Å². The molecule has 36 heavy (non-hydrogen) atoms. The second kappa shape index (κ2) is 7.28. The van der Waals surface area contributed by atoms with Crippen molar-refractivity contribution in [1.82, 2.24) is 4.90 Å². The zero-order chi connectivity index (χ0) is 24.8. The van der Waals surface area contributed by atoms with E-state index in [-0.39, 0.29) is 23.6 Å². The minimum atomic E-state index is -1.45. The van der Waals surface area contributed by atoms with Crippen LogP contribution in [0.1, 0.15) is 39.9 Å². The third-order valence-electron chi connectivity index (χ3n) is 8.68. The van der Waals surface area contributed by atoms with Crippen LogP contribution in [0.2, 0.25) is 5.02 Å². The zero-order valence-electron chi connectivity index (χ0n) is 19.7. The predicted molar refractivity (Wildman–Crippen MR) is 137 cm³/mol. The number of benzene rings is 3. The number of anilines is 2. The summed E-state index contributed by atoms with van der Waals surface area (Å²) in [6.45, 7) is 2.59. The molecule has 3 aromatic carbocycles. The maximum atomic E-state index is 14.5. The molecule has 3 aromatic rings. The number of fused-ring (bicyclic) bond motifs is 7. The molecule has 2 amide bonds. The summed E-state index contributed by atoms with van der Waals surface area (Å²) in [7, 11) is 0. The fourth-order valence-electron chi connectivity index (χ4n) is 7.45. The number of hydrogen-bond donors (Lipinski definition) is 2. The number of nitrogens with one attached hydrogen (secondary N) is 2. The van der Waals surface area contributed by atoms with E-state index in [1.54, 1.807) is 18.2 Å². The van der Waals surface area contributed by atoms with Gasteiger partial charge in [0.05, 0.1) is 5.92 Å². The van der Waals surface area contributed by atoms with Crippen LogP contribution in [0.15, 0.2) is 66.7 Å². The summed E-state index contributed by atoms with van der Waals surface area (Å²) in [5, 5.41) is 6.58. The number of carbonyl (C=O) groups excluding carboxylic acids is 3.